The predicted molar refractivity (Wildman–Crippen MR) is 52.8 cm³/mol. The van der Waals surface area contributed by atoms with Crippen LogP contribution in [-0.2, 0) is 25.4 Å². The Labute approximate surface area is 78.6 Å². The first kappa shape index (κ1) is 9.48. The number of ketones is 1. The molecule has 1 aromatic rings. The molecule has 0 aliphatic carbocycles. The van der Waals surface area contributed by atoms with Crippen LogP contribution in [0.2, 0.25) is 0 Å². The SMILES string of the molecule is CC(=O)CS(=S)c1ccccn1. The van der Waals surface area contributed by atoms with Crippen molar-refractivity contribution in [1.29, 1.82) is 0 Å². The maximum atomic E-state index is 10.7. The van der Waals surface area contributed by atoms with Crippen molar-refractivity contribution in [3.8, 4) is 0 Å². The lowest BCUT2D eigenvalue weighted by Gasteiger charge is -1.99. The van der Waals surface area contributed by atoms with E-state index in [9.17, 15) is 4.79 Å². The van der Waals surface area contributed by atoms with Crippen molar-refractivity contribution in [2.45, 2.75) is 11.9 Å². The molecule has 1 rings (SSSR count). The Morgan fingerprint density at radius 2 is 2.42 bits per heavy atom. The molecule has 0 radical (unpaired) electrons. The second-order valence-corrected chi connectivity index (χ2v) is 4.96. The van der Waals surface area contributed by atoms with Gasteiger partial charge in [-0.1, -0.05) is 15.5 Å². The minimum Gasteiger partial charge on any atom is -0.299 e. The van der Waals surface area contributed by atoms with Crippen LogP contribution in [0.5, 0.6) is 0 Å². The lowest BCUT2D eigenvalue weighted by Crippen LogP contribution is -2.06. The Morgan fingerprint density at radius 3 is 2.92 bits per heavy atom. The second-order valence-electron chi connectivity index (χ2n) is 2.36. The van der Waals surface area contributed by atoms with Gasteiger partial charge in [-0.3, -0.25) is 4.79 Å². The summed E-state index contributed by atoms with van der Waals surface area (Å²) < 4.78 is 0. The van der Waals surface area contributed by atoms with E-state index in [0.717, 1.165) is 5.03 Å². The molecule has 1 aromatic heterocycles. The van der Waals surface area contributed by atoms with E-state index < -0.39 is 9.45 Å². The predicted octanol–water partition coefficient (Wildman–Crippen LogP) is 1.11. The largest absolute Gasteiger partial charge is 0.299 e. The minimum atomic E-state index is -0.441. The molecule has 12 heavy (non-hydrogen) atoms. The van der Waals surface area contributed by atoms with E-state index in [0.29, 0.717) is 5.75 Å². The lowest BCUT2D eigenvalue weighted by atomic mass is 10.5. The number of hydrogen-bond donors (Lipinski definition) is 0. The summed E-state index contributed by atoms with van der Waals surface area (Å²) in [7, 11) is -0.441. The Morgan fingerprint density at radius 1 is 1.67 bits per heavy atom. The highest BCUT2D eigenvalue weighted by atomic mass is 32.8. The normalized spacial score (nSPS) is 12.4. The summed E-state index contributed by atoms with van der Waals surface area (Å²) in [6.45, 7) is 1.55. The molecular formula is C8H9NOS2. The van der Waals surface area contributed by atoms with Gasteiger partial charge in [0.25, 0.3) is 0 Å². The van der Waals surface area contributed by atoms with Gasteiger partial charge >= 0.3 is 0 Å². The van der Waals surface area contributed by atoms with Crippen molar-refractivity contribution in [1.82, 2.24) is 4.98 Å². The maximum absolute atomic E-state index is 10.7. The van der Waals surface area contributed by atoms with Crippen molar-refractivity contribution < 1.29 is 4.79 Å². The first-order valence-corrected chi connectivity index (χ1v) is 5.81. The summed E-state index contributed by atoms with van der Waals surface area (Å²) in [4.78, 5) is 14.8. The smallest absolute Gasteiger partial charge is 0.140 e. The molecule has 0 aromatic carbocycles. The van der Waals surface area contributed by atoms with E-state index >= 15 is 0 Å². The number of Topliss-reactive ketones (excluding diaryl/α,β-unsaturated/α-hetero) is 1. The standard InChI is InChI=1S/C8H9NOS2/c1-7(10)6-12(11)8-4-2-3-5-9-8/h2-5H,6H2,1H3. The third-order valence-corrected chi connectivity index (χ3v) is 3.45. The molecule has 64 valence electrons. The molecule has 4 heteroatoms. The van der Waals surface area contributed by atoms with Gasteiger partial charge in [0, 0.05) is 6.20 Å². The van der Waals surface area contributed by atoms with Crippen molar-refractivity contribution in [3.63, 3.8) is 0 Å². The summed E-state index contributed by atoms with van der Waals surface area (Å²) in [5, 5.41) is 0.836. The quantitative estimate of drug-likeness (QED) is 0.730. The van der Waals surface area contributed by atoms with Gasteiger partial charge in [0.1, 0.15) is 10.8 Å². The van der Waals surface area contributed by atoms with Crippen molar-refractivity contribution in [2.75, 3.05) is 5.75 Å². The summed E-state index contributed by atoms with van der Waals surface area (Å²) in [5.41, 5.74) is 0. The van der Waals surface area contributed by atoms with Crippen LogP contribution >= 0.6 is 0 Å². The van der Waals surface area contributed by atoms with Gasteiger partial charge in [-0.25, -0.2) is 4.98 Å². The van der Waals surface area contributed by atoms with Crippen molar-refractivity contribution >= 4 is 26.4 Å². The molecule has 0 saturated carbocycles. The van der Waals surface area contributed by atoms with Crippen molar-refractivity contribution in [2.24, 2.45) is 0 Å². The molecule has 0 saturated heterocycles. The summed E-state index contributed by atoms with van der Waals surface area (Å²) >= 11 is 5.12. The summed E-state index contributed by atoms with van der Waals surface area (Å²) in [6.07, 6.45) is 1.70. The lowest BCUT2D eigenvalue weighted by molar-refractivity contribution is -0.114. The fourth-order valence-electron chi connectivity index (χ4n) is 0.740. The first-order valence-electron chi connectivity index (χ1n) is 3.49. The number of nitrogens with zero attached hydrogens (tertiary/aromatic N) is 1. The van der Waals surface area contributed by atoms with E-state index in [1.807, 2.05) is 18.2 Å². The molecule has 2 nitrogen and oxygen atoms in total. The van der Waals surface area contributed by atoms with Gasteiger partial charge in [0.05, 0.1) is 5.75 Å². The fourth-order valence-corrected chi connectivity index (χ4v) is 2.46. The Balaban J connectivity index is 2.73. The topological polar surface area (TPSA) is 30.0 Å². The van der Waals surface area contributed by atoms with Crippen LogP contribution in [0.15, 0.2) is 29.4 Å². The minimum absolute atomic E-state index is 0.124. The summed E-state index contributed by atoms with van der Waals surface area (Å²) in [5.74, 6) is 0.547. The number of pyridine rings is 1. The van der Waals surface area contributed by atoms with E-state index in [4.69, 9.17) is 11.2 Å². The first-order chi connectivity index (χ1) is 5.70. The van der Waals surface area contributed by atoms with Crippen LogP contribution < -0.4 is 0 Å². The number of aromatic nitrogens is 1. The van der Waals surface area contributed by atoms with Crippen LogP contribution in [-0.4, -0.2) is 16.5 Å². The third-order valence-electron chi connectivity index (χ3n) is 1.21. The van der Waals surface area contributed by atoms with Crippen LogP contribution in [0.4, 0.5) is 0 Å². The number of rotatable bonds is 3. The number of carbonyl (C=O) groups excluding carboxylic acids is 1. The average molecular weight is 199 g/mol. The zero-order valence-electron chi connectivity index (χ0n) is 6.69. The van der Waals surface area contributed by atoms with Gasteiger partial charge in [-0.05, 0) is 30.2 Å². The van der Waals surface area contributed by atoms with Gasteiger partial charge in [0.15, 0.2) is 0 Å². The monoisotopic (exact) mass is 199 g/mol. The van der Waals surface area contributed by atoms with Gasteiger partial charge in [-0.2, -0.15) is 0 Å². The molecule has 0 aliphatic rings. The summed E-state index contributed by atoms with van der Waals surface area (Å²) in [6, 6.07) is 5.58. The molecule has 0 N–H and O–H groups in total. The molecule has 0 fully saturated rings. The number of carbonyl (C=O) groups is 1. The average Bonchev–Trinajstić information content (AvgIpc) is 2.05. The molecule has 0 bridgehead atoms. The molecule has 0 amide bonds. The van der Waals surface area contributed by atoms with Gasteiger partial charge < -0.3 is 0 Å². The molecule has 1 atom stereocenters. The highest BCUT2D eigenvalue weighted by molar-refractivity contribution is 8.29. The Hall–Kier alpha value is -0.610. The van der Waals surface area contributed by atoms with E-state index in [2.05, 4.69) is 4.98 Å². The van der Waals surface area contributed by atoms with Gasteiger partial charge in [0.2, 0.25) is 0 Å². The zero-order chi connectivity index (χ0) is 8.97. The highest BCUT2D eigenvalue weighted by Crippen LogP contribution is 2.01. The third kappa shape index (κ3) is 2.79. The zero-order valence-corrected chi connectivity index (χ0v) is 8.32. The van der Waals surface area contributed by atoms with E-state index in [1.54, 1.807) is 13.1 Å². The maximum Gasteiger partial charge on any atom is 0.140 e. The fraction of sp³-hybridized carbons (Fsp3) is 0.250. The van der Waals surface area contributed by atoms with Crippen LogP contribution in [0.3, 0.4) is 0 Å². The van der Waals surface area contributed by atoms with Crippen LogP contribution in [0, 0.1) is 0 Å². The molecule has 1 heterocycles. The second kappa shape index (κ2) is 4.42. The molecule has 0 spiro atoms. The molecular weight excluding hydrogens is 190 g/mol. The number of hydrogen-bond acceptors (Lipinski definition) is 3. The van der Waals surface area contributed by atoms with E-state index in [1.165, 1.54) is 0 Å². The van der Waals surface area contributed by atoms with Crippen molar-refractivity contribution in [3.05, 3.63) is 24.4 Å². The highest BCUT2D eigenvalue weighted by Gasteiger charge is 2.02. The Bertz CT molecular complexity index is 297. The molecule has 1 unspecified atom stereocenters. The molecule has 0 aliphatic heterocycles. The van der Waals surface area contributed by atoms with Crippen LogP contribution in [0.25, 0.3) is 0 Å². The Kier molecular flexibility index (Phi) is 3.49. The van der Waals surface area contributed by atoms with Crippen LogP contribution in [0.1, 0.15) is 6.92 Å². The van der Waals surface area contributed by atoms with E-state index in [-0.39, 0.29) is 5.78 Å². The van der Waals surface area contributed by atoms with Gasteiger partial charge in [-0.15, -0.1) is 0 Å².